The van der Waals surface area contributed by atoms with Crippen molar-refractivity contribution in [3.63, 3.8) is 0 Å². The molecule has 5 rings (SSSR count). The van der Waals surface area contributed by atoms with Crippen molar-refractivity contribution < 1.29 is 14.6 Å². The van der Waals surface area contributed by atoms with Gasteiger partial charge in [-0.2, -0.15) is 5.26 Å². The number of aliphatic hydroxyl groups is 2. The largest absolute Gasteiger partial charge is 0.440 e. The van der Waals surface area contributed by atoms with Gasteiger partial charge < -0.3 is 24.8 Å². The summed E-state index contributed by atoms with van der Waals surface area (Å²) >= 11 is 0. The van der Waals surface area contributed by atoms with E-state index in [2.05, 4.69) is 16.3 Å². The van der Waals surface area contributed by atoms with Crippen molar-refractivity contribution in [2.45, 2.75) is 51.4 Å². The van der Waals surface area contributed by atoms with E-state index >= 15 is 0 Å². The first-order valence-corrected chi connectivity index (χ1v) is 13.3. The summed E-state index contributed by atoms with van der Waals surface area (Å²) in [4.78, 5) is 15.7. The lowest BCUT2D eigenvalue weighted by molar-refractivity contribution is -0.0419. The van der Waals surface area contributed by atoms with Crippen LogP contribution < -0.4 is 15.6 Å². The zero-order valence-electron chi connectivity index (χ0n) is 22.4. The minimum absolute atomic E-state index is 0.0743. The highest BCUT2D eigenvalue weighted by Gasteiger charge is 2.37. The quantitative estimate of drug-likeness (QED) is 0.281. The molecule has 0 unspecified atom stereocenters. The molecule has 1 aliphatic rings. The fraction of sp³-hybridized carbons (Fsp3) is 0.312. The van der Waals surface area contributed by atoms with Crippen LogP contribution in [0.2, 0.25) is 0 Å². The number of anilines is 2. The lowest BCUT2D eigenvalue weighted by atomic mass is 9.74. The molecule has 2 heterocycles. The Morgan fingerprint density at radius 2 is 1.67 bits per heavy atom. The lowest BCUT2D eigenvalue weighted by Gasteiger charge is -2.38. The second-order valence-electron chi connectivity index (χ2n) is 10.5. The van der Waals surface area contributed by atoms with Gasteiger partial charge in [-0.3, -0.25) is 4.79 Å². The highest BCUT2D eigenvalue weighted by atomic mass is 16.5. The number of hydrogen-bond acceptors (Lipinski definition) is 7. The Morgan fingerprint density at radius 3 is 2.33 bits per heavy atom. The summed E-state index contributed by atoms with van der Waals surface area (Å²) in [5.74, 6) is 0.538. The lowest BCUT2D eigenvalue weighted by Crippen LogP contribution is -2.42. The van der Waals surface area contributed by atoms with Crippen LogP contribution >= 0.6 is 0 Å². The average molecular weight is 524 g/mol. The van der Waals surface area contributed by atoms with E-state index in [1.807, 2.05) is 62.4 Å². The molecule has 0 saturated carbocycles. The number of aryl methyl sites for hydroxylation is 1. The van der Waals surface area contributed by atoms with Gasteiger partial charge in [0.25, 0.3) is 0 Å². The zero-order valence-corrected chi connectivity index (χ0v) is 22.4. The van der Waals surface area contributed by atoms with Crippen LogP contribution in [0.15, 0.2) is 75.9 Å². The van der Waals surface area contributed by atoms with Crippen molar-refractivity contribution >= 4 is 22.5 Å². The Hall–Kier alpha value is -4.12. The smallest absolute Gasteiger partial charge is 0.202 e. The minimum atomic E-state index is -1.61. The number of nitriles is 1. The van der Waals surface area contributed by atoms with Gasteiger partial charge in [0, 0.05) is 29.9 Å². The Morgan fingerprint density at radius 1 is 1.00 bits per heavy atom. The van der Waals surface area contributed by atoms with Crippen LogP contribution in [0.3, 0.4) is 0 Å². The molecule has 1 atom stereocenters. The predicted octanol–water partition coefficient (Wildman–Crippen LogP) is 5.63. The number of benzene rings is 3. The van der Waals surface area contributed by atoms with Crippen molar-refractivity contribution in [1.29, 1.82) is 5.26 Å². The standard InChI is InChI=1S/C32H33N3O4/c1-20-17-25(22(3)34-27-12-8-7-11-24(27)31(37)38)29-26(18-20)28(36)21(2)30(39-29)35-15-13-32(19-33,14-16-35)23-9-5-4-6-10-23/h4-12,17-18,22,31,34,37-38H,13-16H2,1-3H3/t22-/m1/s1. The van der Waals surface area contributed by atoms with E-state index in [0.29, 0.717) is 59.6 Å². The van der Waals surface area contributed by atoms with Gasteiger partial charge in [-0.15, -0.1) is 0 Å². The van der Waals surface area contributed by atoms with Crippen molar-refractivity contribution in [2.24, 2.45) is 0 Å². The Kier molecular flexibility index (Phi) is 7.17. The van der Waals surface area contributed by atoms with E-state index in [1.165, 1.54) is 0 Å². The summed E-state index contributed by atoms with van der Waals surface area (Å²) < 4.78 is 6.55. The first-order chi connectivity index (χ1) is 18.7. The van der Waals surface area contributed by atoms with E-state index in [4.69, 9.17) is 4.42 Å². The highest BCUT2D eigenvalue weighted by Crippen LogP contribution is 2.38. The molecule has 0 spiro atoms. The molecule has 7 nitrogen and oxygen atoms in total. The van der Waals surface area contributed by atoms with E-state index in [9.17, 15) is 20.3 Å². The number of hydrogen-bond donors (Lipinski definition) is 3. The number of para-hydroxylation sites is 1. The molecule has 0 aliphatic carbocycles. The van der Waals surface area contributed by atoms with Gasteiger partial charge in [-0.1, -0.05) is 54.6 Å². The van der Waals surface area contributed by atoms with Crippen LogP contribution in [-0.2, 0) is 5.41 Å². The van der Waals surface area contributed by atoms with Crippen LogP contribution in [0, 0.1) is 25.2 Å². The van der Waals surface area contributed by atoms with Crippen LogP contribution in [0.1, 0.15) is 59.9 Å². The van der Waals surface area contributed by atoms with Crippen LogP contribution in [0.4, 0.5) is 11.6 Å². The monoisotopic (exact) mass is 523 g/mol. The molecule has 0 bridgehead atoms. The molecule has 200 valence electrons. The van der Waals surface area contributed by atoms with E-state index < -0.39 is 11.7 Å². The van der Waals surface area contributed by atoms with Crippen molar-refractivity contribution in [2.75, 3.05) is 23.3 Å². The maximum atomic E-state index is 13.6. The molecule has 3 N–H and O–H groups in total. The van der Waals surface area contributed by atoms with E-state index in [1.54, 1.807) is 25.1 Å². The number of fused-ring (bicyclic) bond motifs is 1. The van der Waals surface area contributed by atoms with Gasteiger partial charge in [0.1, 0.15) is 5.58 Å². The normalized spacial score (nSPS) is 15.8. The summed E-state index contributed by atoms with van der Waals surface area (Å²) in [6.45, 7) is 6.88. The first-order valence-electron chi connectivity index (χ1n) is 13.3. The van der Waals surface area contributed by atoms with Crippen LogP contribution in [0.5, 0.6) is 0 Å². The molecule has 3 aromatic carbocycles. The molecule has 1 aliphatic heterocycles. The summed E-state index contributed by atoms with van der Waals surface area (Å²) in [5, 5.41) is 33.6. The van der Waals surface area contributed by atoms with Gasteiger partial charge in [-0.25, -0.2) is 0 Å². The number of aliphatic hydroxyl groups excluding tert-OH is 1. The molecule has 7 heteroatoms. The molecule has 1 fully saturated rings. The zero-order chi connectivity index (χ0) is 27.7. The second-order valence-corrected chi connectivity index (χ2v) is 10.5. The maximum absolute atomic E-state index is 13.6. The summed E-state index contributed by atoms with van der Waals surface area (Å²) in [7, 11) is 0. The third-order valence-corrected chi connectivity index (χ3v) is 7.89. The third-order valence-electron chi connectivity index (χ3n) is 7.89. The van der Waals surface area contributed by atoms with E-state index in [0.717, 1.165) is 16.7 Å². The van der Waals surface area contributed by atoms with Crippen molar-refractivity contribution in [3.05, 3.63) is 105 Å². The average Bonchev–Trinajstić information content (AvgIpc) is 2.95. The van der Waals surface area contributed by atoms with Gasteiger partial charge in [0.2, 0.25) is 5.88 Å². The first kappa shape index (κ1) is 26.5. The van der Waals surface area contributed by atoms with Gasteiger partial charge >= 0.3 is 0 Å². The molecule has 1 aromatic heterocycles. The topological polar surface area (TPSA) is 110 Å². The molecule has 39 heavy (non-hydrogen) atoms. The summed E-state index contributed by atoms with van der Waals surface area (Å²) in [6.07, 6.45) is -0.348. The number of nitrogens with one attached hydrogen (secondary N) is 1. The number of nitrogens with zero attached hydrogens (tertiary/aromatic N) is 2. The SMILES string of the molecule is Cc1cc([C@@H](C)Nc2ccccc2C(O)O)c2oc(N3CCC(C#N)(c4ccccc4)CC3)c(C)c(=O)c2c1. The maximum Gasteiger partial charge on any atom is 0.202 e. The summed E-state index contributed by atoms with van der Waals surface area (Å²) in [6, 6.07) is 23.0. The highest BCUT2D eigenvalue weighted by molar-refractivity contribution is 5.84. The minimum Gasteiger partial charge on any atom is -0.440 e. The third kappa shape index (κ3) is 4.89. The molecular weight excluding hydrogens is 490 g/mol. The van der Waals surface area contributed by atoms with Crippen LogP contribution in [-0.4, -0.2) is 23.3 Å². The van der Waals surface area contributed by atoms with Gasteiger partial charge in [0.15, 0.2) is 11.7 Å². The van der Waals surface area contributed by atoms with Crippen LogP contribution in [0.25, 0.3) is 11.0 Å². The molecule has 0 radical (unpaired) electrons. The fourth-order valence-electron chi connectivity index (χ4n) is 5.66. The molecular formula is C32H33N3O4. The van der Waals surface area contributed by atoms with Crippen molar-refractivity contribution in [1.82, 2.24) is 0 Å². The predicted molar refractivity (Wildman–Crippen MR) is 153 cm³/mol. The van der Waals surface area contributed by atoms with E-state index in [-0.39, 0.29) is 11.5 Å². The Labute approximate surface area is 227 Å². The molecule has 4 aromatic rings. The summed E-state index contributed by atoms with van der Waals surface area (Å²) in [5.41, 5.74) is 4.14. The second kappa shape index (κ2) is 10.6. The molecule has 0 amide bonds. The van der Waals surface area contributed by atoms with Gasteiger partial charge in [0.05, 0.1) is 28.5 Å². The van der Waals surface area contributed by atoms with Crippen molar-refractivity contribution in [3.8, 4) is 6.07 Å². The Bertz CT molecular complexity index is 1600. The number of piperidine rings is 1. The van der Waals surface area contributed by atoms with Gasteiger partial charge in [-0.05, 0) is 56.9 Å². The molecule has 1 saturated heterocycles. The number of rotatable bonds is 6. The Balaban J connectivity index is 1.52. The fourth-order valence-corrected chi connectivity index (χ4v) is 5.66.